The van der Waals surface area contributed by atoms with Crippen molar-refractivity contribution in [3.63, 3.8) is 0 Å². The zero-order chi connectivity index (χ0) is 6.97. The number of hydrogen-bond acceptors (Lipinski definition) is 3. The predicted molar refractivity (Wildman–Crippen MR) is 32.6 cm³/mol. The zero-order valence-corrected chi connectivity index (χ0v) is 4.94. The van der Waals surface area contributed by atoms with Crippen molar-refractivity contribution in [3.8, 4) is 0 Å². The molecule has 0 saturated carbocycles. The highest BCUT2D eigenvalue weighted by atomic mass is 16.4. The number of rotatable bonds is 0. The Morgan fingerprint density at radius 2 is 2.60 bits per heavy atom. The predicted octanol–water partition coefficient (Wildman–Crippen LogP) is 0.0877. The molecule has 2 aromatic rings. The van der Waals surface area contributed by atoms with Crippen LogP contribution in [0.4, 0.5) is 0 Å². The highest BCUT2D eigenvalue weighted by Crippen LogP contribution is 1.94. The molecule has 2 heterocycles. The summed E-state index contributed by atoms with van der Waals surface area (Å²) < 4.78 is 6.26. The van der Waals surface area contributed by atoms with Gasteiger partial charge in [0.05, 0.1) is 6.07 Å². The Morgan fingerprint density at radius 1 is 1.70 bits per heavy atom. The molecule has 0 aliphatic carbocycles. The molecule has 10 heavy (non-hydrogen) atoms. The van der Waals surface area contributed by atoms with Gasteiger partial charge in [0.1, 0.15) is 0 Å². The largest absolute Gasteiger partial charge is 0.426 e. The maximum atomic E-state index is 10.6. The van der Waals surface area contributed by atoms with E-state index in [0.717, 1.165) is 0 Å². The monoisotopic (exact) mass is 135 g/mol. The third-order valence-electron chi connectivity index (χ3n) is 1.15. The van der Waals surface area contributed by atoms with Crippen molar-refractivity contribution >= 4 is 5.71 Å². The van der Waals surface area contributed by atoms with Crippen molar-refractivity contribution in [1.29, 1.82) is 0 Å². The van der Waals surface area contributed by atoms with Crippen LogP contribution >= 0.6 is 0 Å². The molecular weight excluding hydrogens is 132 g/mol. The number of aromatic nitrogens is 2. The van der Waals surface area contributed by atoms with Crippen molar-refractivity contribution in [1.82, 2.24) is 9.61 Å². The van der Waals surface area contributed by atoms with Crippen LogP contribution in [0.25, 0.3) is 5.71 Å². The summed E-state index contributed by atoms with van der Waals surface area (Å²) in [5.74, 6) is 0. The first-order chi connectivity index (χ1) is 4.86. The van der Waals surface area contributed by atoms with Crippen LogP contribution in [0, 0.1) is 6.07 Å². The van der Waals surface area contributed by atoms with Gasteiger partial charge in [0.2, 0.25) is 12.1 Å². The Hall–Kier alpha value is -1.58. The maximum absolute atomic E-state index is 10.6. The number of pyridine rings is 1. The van der Waals surface area contributed by atoms with Crippen LogP contribution in [-0.2, 0) is 0 Å². The van der Waals surface area contributed by atoms with Crippen LogP contribution in [0.3, 0.4) is 0 Å². The van der Waals surface area contributed by atoms with Crippen LogP contribution < -0.4 is 5.43 Å². The van der Waals surface area contributed by atoms with Gasteiger partial charge in [-0.15, -0.1) is 5.10 Å². The van der Waals surface area contributed by atoms with E-state index in [1.165, 1.54) is 23.2 Å². The van der Waals surface area contributed by atoms with Crippen LogP contribution in [0.2, 0.25) is 0 Å². The lowest BCUT2D eigenvalue weighted by Gasteiger charge is -1.82. The minimum atomic E-state index is -0.197. The van der Waals surface area contributed by atoms with Crippen molar-refractivity contribution in [2.24, 2.45) is 0 Å². The lowest BCUT2D eigenvalue weighted by Crippen LogP contribution is -1.98. The van der Waals surface area contributed by atoms with E-state index >= 15 is 0 Å². The van der Waals surface area contributed by atoms with E-state index in [0.29, 0.717) is 5.71 Å². The van der Waals surface area contributed by atoms with Crippen molar-refractivity contribution < 1.29 is 4.42 Å². The van der Waals surface area contributed by atoms with Crippen LogP contribution in [-0.4, -0.2) is 9.61 Å². The first-order valence-electron chi connectivity index (χ1n) is 2.70. The molecule has 4 heteroatoms. The molecule has 2 aromatic heterocycles. The molecule has 0 saturated heterocycles. The minimum absolute atomic E-state index is 0.197. The normalized spacial score (nSPS) is 10.4. The first-order valence-corrected chi connectivity index (χ1v) is 2.70. The summed E-state index contributed by atoms with van der Waals surface area (Å²) in [7, 11) is 0. The Bertz CT molecular complexity index is 401. The third kappa shape index (κ3) is 0.621. The maximum Gasteiger partial charge on any atom is 0.225 e. The lowest BCUT2D eigenvalue weighted by atomic mass is 10.5. The Kier molecular flexibility index (Phi) is 0.887. The van der Waals surface area contributed by atoms with Gasteiger partial charge in [-0.2, -0.15) is 0 Å². The van der Waals surface area contributed by atoms with E-state index in [2.05, 4.69) is 11.2 Å². The summed E-state index contributed by atoms with van der Waals surface area (Å²) in [4.78, 5) is 10.6. The van der Waals surface area contributed by atoms with Gasteiger partial charge in [0.25, 0.3) is 0 Å². The second kappa shape index (κ2) is 1.70. The van der Waals surface area contributed by atoms with Crippen LogP contribution in [0.1, 0.15) is 0 Å². The Labute approximate surface area is 55.7 Å². The molecule has 0 fully saturated rings. The van der Waals surface area contributed by atoms with Gasteiger partial charge in [-0.25, -0.2) is 4.52 Å². The molecule has 0 atom stereocenters. The fourth-order valence-corrected chi connectivity index (χ4v) is 0.715. The van der Waals surface area contributed by atoms with E-state index in [1.807, 2.05) is 0 Å². The van der Waals surface area contributed by atoms with Crippen LogP contribution in [0.15, 0.2) is 27.9 Å². The summed E-state index contributed by atoms with van der Waals surface area (Å²) in [6, 6.07) is 3.77. The Balaban J connectivity index is 2.99. The third-order valence-corrected chi connectivity index (χ3v) is 1.15. The van der Waals surface area contributed by atoms with E-state index in [1.54, 1.807) is 0 Å². The second-order valence-corrected chi connectivity index (χ2v) is 1.80. The van der Waals surface area contributed by atoms with E-state index in [-0.39, 0.29) is 5.43 Å². The molecule has 1 radical (unpaired) electrons. The molecule has 0 aliphatic heterocycles. The van der Waals surface area contributed by atoms with E-state index in [9.17, 15) is 4.79 Å². The molecule has 0 unspecified atom stereocenters. The van der Waals surface area contributed by atoms with Crippen molar-refractivity contribution in [3.05, 3.63) is 34.9 Å². The molecule has 0 aliphatic rings. The number of nitrogens with zero attached hydrogens (tertiary/aromatic N) is 2. The molecule has 0 aromatic carbocycles. The standard InChI is InChI=1S/C6H3N2O2/c9-5-1-2-8-6(3-5)10-4-7-8/h2-4H. The Morgan fingerprint density at radius 3 is 3.50 bits per heavy atom. The summed E-state index contributed by atoms with van der Waals surface area (Å²) in [5, 5.41) is 3.74. The van der Waals surface area contributed by atoms with Gasteiger partial charge in [-0.05, 0) is 0 Å². The average molecular weight is 135 g/mol. The summed E-state index contributed by atoms with van der Waals surface area (Å²) in [5.41, 5.74) is 0.237. The fourth-order valence-electron chi connectivity index (χ4n) is 0.715. The topological polar surface area (TPSA) is 47.5 Å². The van der Waals surface area contributed by atoms with Crippen molar-refractivity contribution in [2.75, 3.05) is 0 Å². The highest BCUT2D eigenvalue weighted by molar-refractivity contribution is 5.29. The van der Waals surface area contributed by atoms with E-state index in [4.69, 9.17) is 4.42 Å². The number of hydrogen-bond donors (Lipinski definition) is 0. The molecule has 0 bridgehead atoms. The van der Waals surface area contributed by atoms with Gasteiger partial charge in [-0.3, -0.25) is 4.79 Å². The SMILES string of the molecule is O=c1[c]cn2ncoc2c1. The molecule has 4 nitrogen and oxygen atoms in total. The second-order valence-electron chi connectivity index (χ2n) is 1.80. The first kappa shape index (κ1) is 5.22. The number of fused-ring (bicyclic) bond motifs is 1. The molecule has 0 N–H and O–H groups in total. The zero-order valence-electron chi connectivity index (χ0n) is 4.94. The average Bonchev–Trinajstić information content (AvgIpc) is 2.33. The van der Waals surface area contributed by atoms with Gasteiger partial charge < -0.3 is 4.42 Å². The van der Waals surface area contributed by atoms with Crippen LogP contribution in [0.5, 0.6) is 0 Å². The van der Waals surface area contributed by atoms with Gasteiger partial charge in [-0.1, -0.05) is 0 Å². The highest BCUT2D eigenvalue weighted by Gasteiger charge is 1.93. The lowest BCUT2D eigenvalue weighted by molar-refractivity contribution is 0.599. The molecule has 0 amide bonds. The molecule has 49 valence electrons. The van der Waals surface area contributed by atoms with Gasteiger partial charge >= 0.3 is 0 Å². The smallest absolute Gasteiger partial charge is 0.225 e. The minimum Gasteiger partial charge on any atom is -0.426 e. The summed E-state index contributed by atoms with van der Waals surface area (Å²) >= 11 is 0. The van der Waals surface area contributed by atoms with E-state index < -0.39 is 0 Å². The molecule has 0 spiro atoms. The van der Waals surface area contributed by atoms with Gasteiger partial charge in [0, 0.05) is 12.3 Å². The summed E-state index contributed by atoms with van der Waals surface area (Å²) in [6.07, 6.45) is 2.70. The molecule has 2 rings (SSSR count). The molecular formula is C6H3N2O2. The summed E-state index contributed by atoms with van der Waals surface area (Å²) in [6.45, 7) is 0. The quantitative estimate of drug-likeness (QED) is 0.514. The fraction of sp³-hybridized carbons (Fsp3) is 0. The van der Waals surface area contributed by atoms with Gasteiger partial charge in [0.15, 0.2) is 5.43 Å². The van der Waals surface area contributed by atoms with Crippen molar-refractivity contribution in [2.45, 2.75) is 0 Å².